The van der Waals surface area contributed by atoms with E-state index in [9.17, 15) is 9.59 Å². The second-order valence-electron chi connectivity index (χ2n) is 5.18. The van der Waals surface area contributed by atoms with Crippen LogP contribution in [0.2, 0.25) is 0 Å². The molecule has 0 aromatic rings. The lowest BCUT2D eigenvalue weighted by molar-refractivity contribution is -0.129. The van der Waals surface area contributed by atoms with Crippen molar-refractivity contribution < 1.29 is 9.59 Å². The van der Waals surface area contributed by atoms with Gasteiger partial charge in [-0.1, -0.05) is 6.92 Å². The number of hydrogen-bond donors (Lipinski definition) is 2. The van der Waals surface area contributed by atoms with E-state index in [2.05, 4.69) is 17.6 Å². The maximum atomic E-state index is 12.0. The van der Waals surface area contributed by atoms with Crippen molar-refractivity contribution in [1.29, 1.82) is 0 Å². The molecule has 19 heavy (non-hydrogen) atoms. The second kappa shape index (κ2) is 7.14. The molecule has 2 N–H and O–H groups in total. The highest BCUT2D eigenvalue weighted by Gasteiger charge is 2.26. The minimum Gasteiger partial charge on any atom is -0.342 e. The van der Waals surface area contributed by atoms with E-state index in [1.807, 2.05) is 4.90 Å². The summed E-state index contributed by atoms with van der Waals surface area (Å²) in [7, 11) is 0. The molecule has 2 aliphatic heterocycles. The van der Waals surface area contributed by atoms with E-state index in [4.69, 9.17) is 0 Å². The van der Waals surface area contributed by atoms with Gasteiger partial charge >= 0.3 is 0 Å². The molecule has 0 aromatic carbocycles. The van der Waals surface area contributed by atoms with Crippen LogP contribution in [0.15, 0.2) is 0 Å². The first-order chi connectivity index (χ1) is 9.19. The van der Waals surface area contributed by atoms with Gasteiger partial charge in [-0.3, -0.25) is 14.9 Å². The molecule has 2 heterocycles. The van der Waals surface area contributed by atoms with Crippen molar-refractivity contribution in [3.63, 3.8) is 0 Å². The van der Waals surface area contributed by atoms with E-state index in [1.54, 1.807) is 0 Å². The van der Waals surface area contributed by atoms with Crippen molar-refractivity contribution in [2.45, 2.75) is 50.6 Å². The second-order valence-corrected chi connectivity index (χ2v) is 6.27. The highest BCUT2D eigenvalue weighted by molar-refractivity contribution is 8.00. The van der Waals surface area contributed by atoms with Crippen LogP contribution in [0.4, 0.5) is 0 Å². The van der Waals surface area contributed by atoms with Crippen LogP contribution >= 0.6 is 11.8 Å². The van der Waals surface area contributed by atoms with Gasteiger partial charge in [0, 0.05) is 25.6 Å². The molecule has 0 spiro atoms. The van der Waals surface area contributed by atoms with Crippen molar-refractivity contribution >= 4 is 23.6 Å². The molecule has 0 saturated carbocycles. The van der Waals surface area contributed by atoms with Crippen LogP contribution in [0.5, 0.6) is 0 Å². The number of nitrogens with zero attached hydrogens (tertiary/aromatic N) is 1. The Kier molecular flexibility index (Phi) is 5.51. The maximum Gasteiger partial charge on any atom is 0.232 e. The number of nitrogens with one attached hydrogen (secondary N) is 2. The zero-order valence-electron chi connectivity index (χ0n) is 11.5. The average Bonchev–Trinajstić information content (AvgIpc) is 2.45. The van der Waals surface area contributed by atoms with Crippen LogP contribution in [-0.2, 0) is 9.59 Å². The van der Waals surface area contributed by atoms with Crippen LogP contribution < -0.4 is 10.6 Å². The third-order valence-electron chi connectivity index (χ3n) is 3.69. The smallest absolute Gasteiger partial charge is 0.232 e. The highest BCUT2D eigenvalue weighted by atomic mass is 32.2. The van der Waals surface area contributed by atoms with Crippen LogP contribution in [0.1, 0.15) is 39.0 Å². The summed E-state index contributed by atoms with van der Waals surface area (Å²) in [6.07, 6.45) is 4.94. The quantitative estimate of drug-likeness (QED) is 0.806. The first-order valence-electron chi connectivity index (χ1n) is 7.14. The molecular formula is C13H23N3O2S. The minimum absolute atomic E-state index is 0.0773. The molecule has 2 saturated heterocycles. The Morgan fingerprint density at radius 3 is 2.79 bits per heavy atom. The minimum atomic E-state index is -0.125. The number of rotatable bonds is 4. The van der Waals surface area contributed by atoms with E-state index >= 15 is 0 Å². The Labute approximate surface area is 118 Å². The third-order valence-corrected chi connectivity index (χ3v) is 4.69. The third kappa shape index (κ3) is 4.38. The molecule has 6 heteroatoms. The normalized spacial score (nSPS) is 28.1. The van der Waals surface area contributed by atoms with Gasteiger partial charge in [0.25, 0.3) is 0 Å². The van der Waals surface area contributed by atoms with E-state index in [1.165, 1.54) is 18.2 Å². The van der Waals surface area contributed by atoms with Crippen molar-refractivity contribution in [1.82, 2.24) is 15.5 Å². The van der Waals surface area contributed by atoms with Gasteiger partial charge < -0.3 is 10.2 Å². The largest absolute Gasteiger partial charge is 0.342 e. The first-order valence-corrected chi connectivity index (χ1v) is 8.18. The Hall–Kier alpha value is -0.750. The van der Waals surface area contributed by atoms with E-state index in [-0.39, 0.29) is 23.4 Å². The Morgan fingerprint density at radius 2 is 2.11 bits per heavy atom. The number of piperidine rings is 1. The fourth-order valence-corrected chi connectivity index (χ4v) is 3.48. The molecule has 108 valence electrons. The Balaban J connectivity index is 1.74. The summed E-state index contributed by atoms with van der Waals surface area (Å²) in [5.41, 5.74) is -0.125. The molecule has 0 bridgehead atoms. The first kappa shape index (κ1) is 14.7. The van der Waals surface area contributed by atoms with Crippen LogP contribution in [0, 0.1) is 0 Å². The number of hydrogen-bond acceptors (Lipinski definition) is 4. The van der Waals surface area contributed by atoms with E-state index in [0.29, 0.717) is 12.2 Å². The lowest BCUT2D eigenvalue weighted by Crippen LogP contribution is -2.54. The van der Waals surface area contributed by atoms with Gasteiger partial charge in [0.2, 0.25) is 11.8 Å². The molecule has 2 atom stereocenters. The molecule has 5 nitrogen and oxygen atoms in total. The van der Waals surface area contributed by atoms with Gasteiger partial charge in [-0.2, -0.15) is 0 Å². The molecule has 0 aliphatic carbocycles. The number of carbonyl (C=O) groups excluding carboxylic acids is 2. The summed E-state index contributed by atoms with van der Waals surface area (Å²) in [5, 5.41) is 6.23. The zero-order valence-corrected chi connectivity index (χ0v) is 12.3. The van der Waals surface area contributed by atoms with Crippen molar-refractivity contribution in [2.75, 3.05) is 18.8 Å². The molecule has 2 fully saturated rings. The molecule has 0 aromatic heterocycles. The summed E-state index contributed by atoms with van der Waals surface area (Å²) in [6.45, 7) is 3.85. The monoisotopic (exact) mass is 285 g/mol. The van der Waals surface area contributed by atoms with Crippen molar-refractivity contribution in [3.05, 3.63) is 0 Å². The fourth-order valence-electron chi connectivity index (χ4n) is 2.48. The van der Waals surface area contributed by atoms with Gasteiger partial charge in [-0.05, 0) is 25.7 Å². The van der Waals surface area contributed by atoms with E-state index < -0.39 is 0 Å². The van der Waals surface area contributed by atoms with Gasteiger partial charge in [-0.25, -0.2) is 0 Å². The van der Waals surface area contributed by atoms with Crippen molar-refractivity contribution in [3.8, 4) is 0 Å². The summed E-state index contributed by atoms with van der Waals surface area (Å²) in [6, 6.07) is 0.233. The Morgan fingerprint density at radius 1 is 1.37 bits per heavy atom. The predicted octanol–water partition coefficient (Wildman–Crippen LogP) is 0.904. The summed E-state index contributed by atoms with van der Waals surface area (Å²) >= 11 is 1.49. The average molecular weight is 285 g/mol. The van der Waals surface area contributed by atoms with Gasteiger partial charge in [0.15, 0.2) is 0 Å². The number of likely N-dealkylation sites (tertiary alicyclic amines) is 1. The lowest BCUT2D eigenvalue weighted by atomic mass is 10.1. The molecule has 2 aliphatic rings. The number of carbonyl (C=O) groups is 2. The van der Waals surface area contributed by atoms with E-state index in [0.717, 1.165) is 32.4 Å². The fraction of sp³-hybridized carbons (Fsp3) is 0.846. The summed E-state index contributed by atoms with van der Waals surface area (Å²) in [4.78, 5) is 25.5. The maximum absolute atomic E-state index is 12.0. The molecule has 2 rings (SSSR count). The molecule has 0 radical (unpaired) electrons. The van der Waals surface area contributed by atoms with Gasteiger partial charge in [0.1, 0.15) is 5.50 Å². The molecular weight excluding hydrogens is 262 g/mol. The van der Waals surface area contributed by atoms with Gasteiger partial charge in [-0.15, -0.1) is 11.8 Å². The lowest BCUT2D eigenvalue weighted by Gasteiger charge is -2.31. The number of thioether (sulfide) groups is 1. The summed E-state index contributed by atoms with van der Waals surface area (Å²) < 4.78 is 0. The molecule has 2 amide bonds. The van der Waals surface area contributed by atoms with Crippen molar-refractivity contribution in [2.24, 2.45) is 0 Å². The number of amides is 2. The van der Waals surface area contributed by atoms with Crippen LogP contribution in [0.3, 0.4) is 0 Å². The van der Waals surface area contributed by atoms with Gasteiger partial charge in [0.05, 0.1) is 5.75 Å². The predicted molar refractivity (Wildman–Crippen MR) is 76.7 cm³/mol. The standard InChI is InChI=1S/C13H23N3O2S/c1-2-10-8-11(17)15-13(14-10)19-9-12(18)16-6-4-3-5-7-16/h10,13-14H,2-9H2,1H3,(H,15,17). The zero-order chi connectivity index (χ0) is 13.7. The topological polar surface area (TPSA) is 61.4 Å². The highest BCUT2D eigenvalue weighted by Crippen LogP contribution is 2.16. The van der Waals surface area contributed by atoms with Crippen LogP contribution in [-0.4, -0.2) is 47.1 Å². The van der Waals surface area contributed by atoms with Crippen LogP contribution in [0.25, 0.3) is 0 Å². The molecule has 2 unspecified atom stereocenters. The SMILES string of the molecule is CCC1CC(=O)NC(SCC(=O)N2CCCCC2)N1. The summed E-state index contributed by atoms with van der Waals surface area (Å²) in [5.74, 6) is 0.710. The Bertz CT molecular complexity index is 332.